The Hall–Kier alpha value is -3.03. The Morgan fingerprint density at radius 3 is 2.55 bits per heavy atom. The number of methoxy groups -OCH3 is 1. The minimum Gasteiger partial charge on any atom is -0.465 e. The molecule has 0 spiro atoms. The highest BCUT2D eigenvalue weighted by molar-refractivity contribution is 5.93. The van der Waals surface area contributed by atoms with Gasteiger partial charge >= 0.3 is 5.97 Å². The average Bonchev–Trinajstić information content (AvgIpc) is 2.87. The number of esters is 1. The molecule has 1 aromatic carbocycles. The van der Waals surface area contributed by atoms with Crippen molar-refractivity contribution < 1.29 is 19.1 Å². The molecule has 2 aromatic rings. The Balaban J connectivity index is 2.01. The molecule has 1 amide bonds. The fourth-order valence-electron chi connectivity index (χ4n) is 1.78. The van der Waals surface area contributed by atoms with Crippen molar-refractivity contribution in [2.75, 3.05) is 12.4 Å². The first-order chi connectivity index (χ1) is 10.5. The number of rotatable bonds is 5. The summed E-state index contributed by atoms with van der Waals surface area (Å²) in [5.74, 6) is -0.770. The lowest BCUT2D eigenvalue weighted by molar-refractivity contribution is -0.117. The molecular weight excluding hydrogens is 288 g/mol. The molecule has 0 unspecified atom stereocenters. The summed E-state index contributed by atoms with van der Waals surface area (Å²) in [6.07, 6.45) is 0.586. The van der Waals surface area contributed by atoms with Crippen LogP contribution >= 0.6 is 0 Å². The van der Waals surface area contributed by atoms with Gasteiger partial charge in [0.15, 0.2) is 6.29 Å². The number of hydrogen-bond acceptors (Lipinski definition) is 6. The maximum Gasteiger partial charge on any atom is 0.337 e. The number of carbonyl (C=O) groups excluding carboxylic acids is 3. The molecule has 22 heavy (non-hydrogen) atoms. The van der Waals surface area contributed by atoms with Crippen LogP contribution in [0.2, 0.25) is 0 Å². The summed E-state index contributed by atoms with van der Waals surface area (Å²) in [5, 5.41) is 10.0. The molecule has 0 bridgehead atoms. The van der Waals surface area contributed by atoms with Crippen LogP contribution in [0.5, 0.6) is 0 Å². The molecule has 8 nitrogen and oxygen atoms in total. The smallest absolute Gasteiger partial charge is 0.337 e. The Labute approximate surface area is 126 Å². The van der Waals surface area contributed by atoms with Gasteiger partial charge in [-0.1, -0.05) is 5.21 Å². The molecule has 8 heteroatoms. The fraction of sp³-hybridized carbons (Fsp3) is 0.214. The van der Waals surface area contributed by atoms with Gasteiger partial charge in [-0.2, -0.15) is 0 Å². The zero-order valence-corrected chi connectivity index (χ0v) is 12.1. The molecule has 0 radical (unpaired) electrons. The molecule has 114 valence electrons. The van der Waals surface area contributed by atoms with Crippen LogP contribution in [0.4, 0.5) is 5.69 Å². The fourth-order valence-corrected chi connectivity index (χ4v) is 1.78. The van der Waals surface area contributed by atoms with E-state index in [1.54, 1.807) is 31.2 Å². The van der Waals surface area contributed by atoms with Crippen LogP contribution in [0.3, 0.4) is 0 Å². The van der Waals surface area contributed by atoms with Gasteiger partial charge < -0.3 is 10.1 Å². The molecule has 1 heterocycles. The summed E-state index contributed by atoms with van der Waals surface area (Å²) >= 11 is 0. The minimum atomic E-state index is -0.447. The lowest BCUT2D eigenvalue weighted by Crippen LogP contribution is -2.20. The molecule has 0 saturated heterocycles. The number of aldehydes is 1. The van der Waals surface area contributed by atoms with Crippen molar-refractivity contribution in [1.29, 1.82) is 0 Å². The molecule has 0 atom stereocenters. The van der Waals surface area contributed by atoms with Gasteiger partial charge in [0.25, 0.3) is 0 Å². The van der Waals surface area contributed by atoms with E-state index < -0.39 is 5.97 Å². The lowest BCUT2D eigenvalue weighted by Gasteiger charge is -2.07. The highest BCUT2D eigenvalue weighted by atomic mass is 16.5. The first-order valence-electron chi connectivity index (χ1n) is 6.38. The second-order valence-corrected chi connectivity index (χ2v) is 4.45. The molecule has 2 rings (SSSR count). The summed E-state index contributed by atoms with van der Waals surface area (Å²) in [4.78, 5) is 33.9. The number of hydrogen-bond donors (Lipinski definition) is 1. The summed E-state index contributed by atoms with van der Waals surface area (Å²) < 4.78 is 5.92. The molecule has 0 aliphatic carbocycles. The second-order valence-electron chi connectivity index (χ2n) is 4.45. The van der Waals surface area contributed by atoms with Gasteiger partial charge in [-0.15, -0.1) is 5.10 Å². The molecular formula is C14H14N4O4. The van der Waals surface area contributed by atoms with Gasteiger partial charge in [0.2, 0.25) is 5.91 Å². The van der Waals surface area contributed by atoms with Crippen LogP contribution in [0, 0.1) is 6.92 Å². The van der Waals surface area contributed by atoms with Crippen LogP contribution in [-0.4, -0.2) is 40.3 Å². The topological polar surface area (TPSA) is 103 Å². The zero-order valence-electron chi connectivity index (χ0n) is 12.1. The van der Waals surface area contributed by atoms with Crippen molar-refractivity contribution in [3.05, 3.63) is 41.2 Å². The Morgan fingerprint density at radius 2 is 2.00 bits per heavy atom. The third kappa shape index (κ3) is 3.35. The van der Waals surface area contributed by atoms with E-state index in [-0.39, 0.29) is 18.1 Å². The Bertz CT molecular complexity index is 706. The van der Waals surface area contributed by atoms with E-state index >= 15 is 0 Å². The second kappa shape index (κ2) is 6.61. The predicted octanol–water partition coefficient (Wildman–Crippen LogP) is 0.824. The molecule has 0 saturated carbocycles. The van der Waals surface area contributed by atoms with E-state index in [0.29, 0.717) is 23.2 Å². The van der Waals surface area contributed by atoms with Crippen molar-refractivity contribution in [2.24, 2.45) is 0 Å². The summed E-state index contributed by atoms with van der Waals surface area (Å²) in [5.41, 5.74) is 1.65. The van der Waals surface area contributed by atoms with Gasteiger partial charge in [0, 0.05) is 5.69 Å². The number of nitrogens with one attached hydrogen (secondary N) is 1. The monoisotopic (exact) mass is 302 g/mol. The van der Waals surface area contributed by atoms with Crippen molar-refractivity contribution in [3.63, 3.8) is 0 Å². The van der Waals surface area contributed by atoms with Crippen molar-refractivity contribution in [2.45, 2.75) is 13.5 Å². The normalized spacial score (nSPS) is 10.1. The maximum absolute atomic E-state index is 11.9. The standard InChI is InChI=1S/C14H14N4O4/c1-9-12(8-19)16-17-18(9)7-13(20)15-11-5-3-10(4-6-11)14(21)22-2/h3-6,8H,7H2,1-2H3,(H,15,20). The molecule has 0 fully saturated rings. The van der Waals surface area contributed by atoms with Crippen LogP contribution in [0.15, 0.2) is 24.3 Å². The first kappa shape index (κ1) is 15.4. The molecule has 1 N–H and O–H groups in total. The quantitative estimate of drug-likeness (QED) is 0.648. The van der Waals surface area contributed by atoms with Crippen molar-refractivity contribution in [3.8, 4) is 0 Å². The van der Waals surface area contributed by atoms with Crippen molar-refractivity contribution in [1.82, 2.24) is 15.0 Å². The largest absolute Gasteiger partial charge is 0.465 e. The predicted molar refractivity (Wildman–Crippen MR) is 76.6 cm³/mol. The average molecular weight is 302 g/mol. The van der Waals surface area contributed by atoms with E-state index in [9.17, 15) is 14.4 Å². The van der Waals surface area contributed by atoms with Crippen LogP contribution < -0.4 is 5.32 Å². The van der Waals surface area contributed by atoms with E-state index in [4.69, 9.17) is 0 Å². The summed E-state index contributed by atoms with van der Waals surface area (Å²) in [6.45, 7) is 1.59. The highest BCUT2D eigenvalue weighted by Gasteiger charge is 2.11. The van der Waals surface area contributed by atoms with E-state index in [2.05, 4.69) is 20.4 Å². The molecule has 0 aliphatic rings. The van der Waals surface area contributed by atoms with Crippen LogP contribution in [0.25, 0.3) is 0 Å². The van der Waals surface area contributed by atoms with E-state index in [1.807, 2.05) is 0 Å². The number of amides is 1. The minimum absolute atomic E-state index is 0.0641. The van der Waals surface area contributed by atoms with Gasteiger partial charge in [0.1, 0.15) is 12.2 Å². The summed E-state index contributed by atoms with van der Waals surface area (Å²) in [6, 6.07) is 6.28. The number of ether oxygens (including phenoxy) is 1. The maximum atomic E-state index is 11.9. The number of aromatic nitrogens is 3. The SMILES string of the molecule is COC(=O)c1ccc(NC(=O)Cn2nnc(C=O)c2C)cc1. The lowest BCUT2D eigenvalue weighted by atomic mass is 10.2. The summed E-state index contributed by atoms with van der Waals surface area (Å²) in [7, 11) is 1.30. The number of carbonyl (C=O) groups is 3. The van der Waals surface area contributed by atoms with E-state index in [1.165, 1.54) is 11.8 Å². The van der Waals surface area contributed by atoms with E-state index in [0.717, 1.165) is 0 Å². The van der Waals surface area contributed by atoms with Gasteiger partial charge in [-0.25, -0.2) is 9.48 Å². The Kier molecular flexibility index (Phi) is 4.62. The third-order valence-corrected chi connectivity index (χ3v) is 3.01. The number of benzene rings is 1. The first-order valence-corrected chi connectivity index (χ1v) is 6.38. The van der Waals surface area contributed by atoms with Gasteiger partial charge in [-0.05, 0) is 31.2 Å². The van der Waals surface area contributed by atoms with Gasteiger partial charge in [-0.3, -0.25) is 9.59 Å². The van der Waals surface area contributed by atoms with Crippen molar-refractivity contribution >= 4 is 23.9 Å². The highest BCUT2D eigenvalue weighted by Crippen LogP contribution is 2.11. The molecule has 1 aromatic heterocycles. The van der Waals surface area contributed by atoms with Crippen LogP contribution in [-0.2, 0) is 16.1 Å². The Morgan fingerprint density at radius 1 is 1.32 bits per heavy atom. The third-order valence-electron chi connectivity index (χ3n) is 3.01. The zero-order chi connectivity index (χ0) is 16.1. The van der Waals surface area contributed by atoms with Gasteiger partial charge in [0.05, 0.1) is 18.4 Å². The molecule has 0 aliphatic heterocycles. The van der Waals surface area contributed by atoms with Crippen LogP contribution in [0.1, 0.15) is 26.5 Å². The number of nitrogens with zero attached hydrogens (tertiary/aromatic N) is 3. The number of anilines is 1.